The largest absolute Gasteiger partial charge is 0.489 e. The van der Waals surface area contributed by atoms with E-state index < -0.39 is 5.97 Å². The molecule has 1 atom stereocenters. The van der Waals surface area contributed by atoms with Crippen molar-refractivity contribution < 1.29 is 14.6 Å². The molecule has 0 fully saturated rings. The fourth-order valence-corrected chi connectivity index (χ4v) is 4.38. The molecule has 2 aromatic rings. The van der Waals surface area contributed by atoms with E-state index in [1.807, 2.05) is 6.07 Å². The lowest BCUT2D eigenvalue weighted by molar-refractivity contribution is 0.0701. The first-order valence-corrected chi connectivity index (χ1v) is 8.43. The highest BCUT2D eigenvalue weighted by atomic mass is 32.2. The lowest BCUT2D eigenvalue weighted by Crippen LogP contribution is -2.15. The smallest absolute Gasteiger partial charge is 0.347 e. The van der Waals surface area contributed by atoms with Crippen molar-refractivity contribution in [2.45, 2.75) is 30.7 Å². The van der Waals surface area contributed by atoms with Gasteiger partial charge in [0.2, 0.25) is 0 Å². The molecule has 2 heterocycles. The minimum atomic E-state index is -0.906. The summed E-state index contributed by atoms with van der Waals surface area (Å²) >= 11 is 2.80. The van der Waals surface area contributed by atoms with Crippen LogP contribution in [0.5, 0.6) is 5.75 Å². The highest BCUT2D eigenvalue weighted by Gasteiger charge is 2.24. The molecule has 3 rings (SSSR count). The lowest BCUT2D eigenvalue weighted by Gasteiger charge is -2.08. The second-order valence-electron chi connectivity index (χ2n) is 5.07. The predicted molar refractivity (Wildman–Crippen MR) is 83.8 cm³/mol. The summed E-state index contributed by atoms with van der Waals surface area (Å²) in [4.78, 5) is 15.6. The number of thioether (sulfide) groups is 1. The average Bonchev–Trinajstić information content (AvgIpc) is 2.99. The number of hydrogen-bond donors (Lipinski definition) is 1. The molecule has 0 saturated heterocycles. The van der Waals surface area contributed by atoms with Crippen molar-refractivity contribution in [1.82, 2.24) is 4.98 Å². The van der Waals surface area contributed by atoms with E-state index in [0.717, 1.165) is 22.3 Å². The van der Waals surface area contributed by atoms with E-state index >= 15 is 0 Å². The Hall–Kier alpha value is -1.53. The first-order chi connectivity index (χ1) is 10.0. The van der Waals surface area contributed by atoms with Crippen molar-refractivity contribution in [2.75, 3.05) is 5.75 Å². The van der Waals surface area contributed by atoms with Gasteiger partial charge in [-0.05, 0) is 25.5 Å². The Bertz CT molecular complexity index is 696. The topological polar surface area (TPSA) is 59.4 Å². The minimum Gasteiger partial charge on any atom is -0.489 e. The Morgan fingerprint density at radius 3 is 3.05 bits per heavy atom. The molecule has 4 nitrogen and oxygen atoms in total. The Kier molecular flexibility index (Phi) is 3.91. The van der Waals surface area contributed by atoms with Gasteiger partial charge in [-0.25, -0.2) is 9.78 Å². The van der Waals surface area contributed by atoms with Crippen LogP contribution in [0.25, 0.3) is 0 Å². The number of benzene rings is 1. The molecule has 1 aromatic heterocycles. The summed E-state index contributed by atoms with van der Waals surface area (Å²) in [6.07, 6.45) is 1.03. The first-order valence-electron chi connectivity index (χ1n) is 6.62. The van der Waals surface area contributed by atoms with E-state index in [2.05, 4.69) is 24.0 Å². The van der Waals surface area contributed by atoms with Crippen LogP contribution < -0.4 is 4.74 Å². The number of aryl methyl sites for hydroxylation is 2. The summed E-state index contributed by atoms with van der Waals surface area (Å²) in [6, 6.07) is 6.24. The second kappa shape index (κ2) is 5.69. The highest BCUT2D eigenvalue weighted by molar-refractivity contribution is 8.01. The zero-order valence-corrected chi connectivity index (χ0v) is 13.4. The van der Waals surface area contributed by atoms with Crippen LogP contribution in [-0.4, -0.2) is 27.9 Å². The van der Waals surface area contributed by atoms with Gasteiger partial charge in [-0.15, -0.1) is 11.3 Å². The molecule has 0 saturated carbocycles. The van der Waals surface area contributed by atoms with E-state index in [0.29, 0.717) is 10.6 Å². The summed E-state index contributed by atoms with van der Waals surface area (Å²) < 4.78 is 6.70. The van der Waals surface area contributed by atoms with Gasteiger partial charge in [-0.3, -0.25) is 0 Å². The molecular formula is C15H15NO3S2. The number of carbonyl (C=O) groups is 1. The minimum absolute atomic E-state index is 0.129. The molecule has 21 heavy (non-hydrogen) atoms. The number of ether oxygens (including phenoxy) is 1. The second-order valence-corrected chi connectivity index (χ2v) is 7.33. The number of hydrogen-bond acceptors (Lipinski definition) is 5. The molecule has 0 amide bonds. The Morgan fingerprint density at radius 1 is 1.52 bits per heavy atom. The van der Waals surface area contributed by atoms with Crippen LogP contribution in [0.1, 0.15) is 26.5 Å². The summed E-state index contributed by atoms with van der Waals surface area (Å²) in [5.74, 6) is 0.837. The first kappa shape index (κ1) is 14.4. The van der Waals surface area contributed by atoms with Gasteiger partial charge in [0.15, 0.2) is 4.34 Å². The van der Waals surface area contributed by atoms with E-state index in [1.165, 1.54) is 22.5 Å². The van der Waals surface area contributed by atoms with Crippen molar-refractivity contribution in [3.8, 4) is 5.75 Å². The number of aromatic nitrogens is 1. The standard InChI is InChI=1S/C15H15NO3S2/c1-8-3-4-12-10(5-8)6-11(19-12)7-20-15-16-9(2)13(21-15)14(17)18/h3-5,11H,6-7H2,1-2H3,(H,17,18). The van der Waals surface area contributed by atoms with Gasteiger partial charge < -0.3 is 9.84 Å². The number of fused-ring (bicyclic) bond motifs is 1. The molecule has 1 aliphatic heterocycles. The quantitative estimate of drug-likeness (QED) is 0.873. The van der Waals surface area contributed by atoms with E-state index in [-0.39, 0.29) is 6.10 Å². The zero-order valence-electron chi connectivity index (χ0n) is 11.8. The van der Waals surface area contributed by atoms with Gasteiger partial charge in [-0.2, -0.15) is 0 Å². The van der Waals surface area contributed by atoms with E-state index in [4.69, 9.17) is 9.84 Å². The maximum atomic E-state index is 11.0. The molecule has 6 heteroatoms. The van der Waals surface area contributed by atoms with Gasteiger partial charge in [0, 0.05) is 12.2 Å². The van der Waals surface area contributed by atoms with Crippen LogP contribution >= 0.6 is 23.1 Å². The Labute approximate surface area is 131 Å². The van der Waals surface area contributed by atoms with Gasteiger partial charge in [-0.1, -0.05) is 29.5 Å². The Morgan fingerprint density at radius 2 is 2.33 bits per heavy atom. The van der Waals surface area contributed by atoms with Crippen LogP contribution in [0.2, 0.25) is 0 Å². The molecule has 0 radical (unpaired) electrons. The predicted octanol–water partition coefficient (Wildman–Crippen LogP) is 3.55. The van der Waals surface area contributed by atoms with Crippen molar-refractivity contribution in [3.05, 3.63) is 39.9 Å². The number of rotatable bonds is 4. The molecule has 1 aromatic carbocycles. The van der Waals surface area contributed by atoms with Gasteiger partial charge >= 0.3 is 5.97 Å². The summed E-state index contributed by atoms with van der Waals surface area (Å²) in [5, 5.41) is 9.04. The van der Waals surface area contributed by atoms with Gasteiger partial charge in [0.05, 0.1) is 5.69 Å². The van der Waals surface area contributed by atoms with Crippen LogP contribution in [0.3, 0.4) is 0 Å². The summed E-state index contributed by atoms with van der Waals surface area (Å²) in [5.41, 5.74) is 3.08. The van der Waals surface area contributed by atoms with Crippen LogP contribution in [0.15, 0.2) is 22.5 Å². The lowest BCUT2D eigenvalue weighted by atomic mass is 10.1. The van der Waals surface area contributed by atoms with Crippen LogP contribution in [0.4, 0.5) is 0 Å². The number of aromatic carboxylic acids is 1. The number of carboxylic acids is 1. The average molecular weight is 321 g/mol. The molecule has 1 unspecified atom stereocenters. The van der Waals surface area contributed by atoms with Crippen LogP contribution in [0, 0.1) is 13.8 Å². The highest BCUT2D eigenvalue weighted by Crippen LogP contribution is 2.33. The zero-order chi connectivity index (χ0) is 15.0. The fraction of sp³-hybridized carbons (Fsp3) is 0.333. The maximum Gasteiger partial charge on any atom is 0.347 e. The van der Waals surface area contributed by atoms with E-state index in [9.17, 15) is 4.79 Å². The van der Waals surface area contributed by atoms with Crippen LogP contribution in [-0.2, 0) is 6.42 Å². The van der Waals surface area contributed by atoms with Crippen molar-refractivity contribution in [2.24, 2.45) is 0 Å². The molecule has 110 valence electrons. The normalized spacial score (nSPS) is 16.6. The molecule has 0 aliphatic carbocycles. The third-order valence-corrected chi connectivity index (χ3v) is 5.74. The maximum absolute atomic E-state index is 11.0. The Balaban J connectivity index is 1.62. The van der Waals surface area contributed by atoms with Crippen molar-refractivity contribution in [3.63, 3.8) is 0 Å². The summed E-state index contributed by atoms with van der Waals surface area (Å²) in [6.45, 7) is 3.81. The van der Waals surface area contributed by atoms with Gasteiger partial charge in [0.25, 0.3) is 0 Å². The number of thiazole rings is 1. The van der Waals surface area contributed by atoms with Crippen molar-refractivity contribution in [1.29, 1.82) is 0 Å². The SMILES string of the molecule is Cc1ccc2c(c1)CC(CSc1nc(C)c(C(=O)O)s1)O2. The van der Waals surface area contributed by atoms with E-state index in [1.54, 1.807) is 18.7 Å². The number of carboxylic acid groups (broad SMARTS) is 1. The van der Waals surface area contributed by atoms with Gasteiger partial charge in [0.1, 0.15) is 16.7 Å². The molecular weight excluding hydrogens is 306 g/mol. The fourth-order valence-electron chi connectivity index (χ4n) is 2.34. The molecule has 1 aliphatic rings. The number of nitrogens with zero attached hydrogens (tertiary/aromatic N) is 1. The van der Waals surface area contributed by atoms with Crippen molar-refractivity contribution >= 4 is 29.1 Å². The third kappa shape index (κ3) is 3.06. The monoisotopic (exact) mass is 321 g/mol. The third-order valence-electron chi connectivity index (χ3n) is 3.32. The molecule has 1 N–H and O–H groups in total. The molecule has 0 spiro atoms. The summed E-state index contributed by atoms with van der Waals surface area (Å²) in [7, 11) is 0. The molecule has 0 bridgehead atoms.